The first-order chi connectivity index (χ1) is 11.7. The van der Waals surface area contributed by atoms with E-state index in [4.69, 9.17) is 0 Å². The summed E-state index contributed by atoms with van der Waals surface area (Å²) in [5.74, 6) is 1.76. The number of benzene rings is 2. The molecular formula is C18H18BrN3OS. The van der Waals surface area contributed by atoms with Crippen molar-refractivity contribution in [3.63, 3.8) is 0 Å². The Balaban J connectivity index is 1.37. The number of fused-ring (bicyclic) bond motifs is 1. The first-order valence-electron chi connectivity index (χ1n) is 7.79. The molecule has 24 heavy (non-hydrogen) atoms. The zero-order valence-electron chi connectivity index (χ0n) is 13.1. The van der Waals surface area contributed by atoms with Crippen molar-refractivity contribution >= 4 is 44.6 Å². The van der Waals surface area contributed by atoms with Gasteiger partial charge in [-0.05, 0) is 36.4 Å². The number of thioether (sulfide) groups is 1. The molecule has 0 aliphatic rings. The lowest BCUT2D eigenvalue weighted by atomic mass is 10.3. The lowest BCUT2D eigenvalue weighted by Gasteiger charge is -2.04. The molecular weight excluding hydrogens is 386 g/mol. The van der Waals surface area contributed by atoms with Crippen molar-refractivity contribution in [2.24, 2.45) is 0 Å². The molecule has 0 fully saturated rings. The molecule has 0 spiro atoms. The van der Waals surface area contributed by atoms with Crippen LogP contribution in [0.5, 0.6) is 0 Å². The maximum absolute atomic E-state index is 11.9. The summed E-state index contributed by atoms with van der Waals surface area (Å²) in [7, 11) is 0. The highest BCUT2D eigenvalue weighted by molar-refractivity contribution is 9.10. The summed E-state index contributed by atoms with van der Waals surface area (Å²) in [5, 5.41) is 2.95. The van der Waals surface area contributed by atoms with Crippen molar-refractivity contribution < 1.29 is 4.79 Å². The SMILES string of the molecule is O=C(CCSc1ccc(Br)cc1)NCCc1nc2ccccc2[nH]1. The maximum Gasteiger partial charge on any atom is 0.220 e. The number of hydrogen-bond acceptors (Lipinski definition) is 3. The summed E-state index contributed by atoms with van der Waals surface area (Å²) in [6.45, 7) is 0.599. The number of nitrogens with one attached hydrogen (secondary N) is 2. The summed E-state index contributed by atoms with van der Waals surface area (Å²) >= 11 is 5.10. The highest BCUT2D eigenvalue weighted by Crippen LogP contribution is 2.21. The minimum atomic E-state index is 0.0794. The van der Waals surface area contributed by atoms with Gasteiger partial charge in [0.15, 0.2) is 0 Å². The van der Waals surface area contributed by atoms with Gasteiger partial charge in [-0.25, -0.2) is 4.98 Å². The quantitative estimate of drug-likeness (QED) is 0.582. The van der Waals surface area contributed by atoms with Crippen LogP contribution in [-0.4, -0.2) is 28.2 Å². The van der Waals surface area contributed by atoms with E-state index in [1.165, 1.54) is 4.90 Å². The number of rotatable bonds is 7. The Morgan fingerprint density at radius 1 is 1.17 bits per heavy atom. The highest BCUT2D eigenvalue weighted by Gasteiger charge is 2.04. The Hall–Kier alpha value is -1.79. The lowest BCUT2D eigenvalue weighted by molar-refractivity contribution is -0.120. The van der Waals surface area contributed by atoms with Crippen molar-refractivity contribution in [2.75, 3.05) is 12.3 Å². The Morgan fingerprint density at radius 3 is 2.75 bits per heavy atom. The van der Waals surface area contributed by atoms with Gasteiger partial charge in [0.2, 0.25) is 5.91 Å². The number of nitrogens with zero attached hydrogens (tertiary/aromatic N) is 1. The Morgan fingerprint density at radius 2 is 1.96 bits per heavy atom. The van der Waals surface area contributed by atoms with Crippen LogP contribution in [0.4, 0.5) is 0 Å². The summed E-state index contributed by atoms with van der Waals surface area (Å²) < 4.78 is 1.06. The van der Waals surface area contributed by atoms with Gasteiger partial charge in [0.1, 0.15) is 5.82 Å². The molecule has 0 radical (unpaired) electrons. The molecule has 1 heterocycles. The van der Waals surface area contributed by atoms with E-state index in [0.717, 1.165) is 27.1 Å². The molecule has 0 bridgehead atoms. The fraction of sp³-hybridized carbons (Fsp3) is 0.222. The molecule has 1 aromatic heterocycles. The van der Waals surface area contributed by atoms with E-state index in [2.05, 4.69) is 31.2 Å². The van der Waals surface area contributed by atoms with Crippen LogP contribution in [-0.2, 0) is 11.2 Å². The van der Waals surface area contributed by atoms with Crippen molar-refractivity contribution in [1.29, 1.82) is 0 Å². The second kappa shape index (κ2) is 8.35. The number of halogens is 1. The second-order valence-corrected chi connectivity index (χ2v) is 7.44. The molecule has 2 N–H and O–H groups in total. The normalized spacial score (nSPS) is 10.9. The number of para-hydroxylation sites is 2. The zero-order chi connectivity index (χ0) is 16.8. The number of hydrogen-bond donors (Lipinski definition) is 2. The molecule has 3 aromatic rings. The van der Waals surface area contributed by atoms with Gasteiger partial charge < -0.3 is 10.3 Å². The van der Waals surface area contributed by atoms with E-state index >= 15 is 0 Å². The third kappa shape index (κ3) is 4.85. The van der Waals surface area contributed by atoms with Gasteiger partial charge in [0, 0.05) is 34.5 Å². The fourth-order valence-corrected chi connectivity index (χ4v) is 3.44. The molecule has 0 aliphatic carbocycles. The summed E-state index contributed by atoms with van der Waals surface area (Å²) in [6, 6.07) is 16.1. The standard InChI is InChI=1S/C18H18BrN3OS/c19-13-5-7-14(8-6-13)24-12-10-18(23)20-11-9-17-21-15-3-1-2-4-16(15)22-17/h1-8H,9-12H2,(H,20,23)(H,21,22). The van der Waals surface area contributed by atoms with Crippen LogP contribution < -0.4 is 5.32 Å². The average molecular weight is 404 g/mol. The number of imidazole rings is 1. The van der Waals surface area contributed by atoms with Gasteiger partial charge in [-0.1, -0.05) is 28.1 Å². The van der Waals surface area contributed by atoms with Gasteiger partial charge in [-0.3, -0.25) is 4.79 Å². The highest BCUT2D eigenvalue weighted by atomic mass is 79.9. The van der Waals surface area contributed by atoms with E-state index in [1.807, 2.05) is 48.5 Å². The third-order valence-corrected chi connectivity index (χ3v) is 5.08. The van der Waals surface area contributed by atoms with Crippen molar-refractivity contribution in [2.45, 2.75) is 17.7 Å². The maximum atomic E-state index is 11.9. The van der Waals surface area contributed by atoms with Crippen LogP contribution in [0.3, 0.4) is 0 Å². The van der Waals surface area contributed by atoms with E-state index in [1.54, 1.807) is 11.8 Å². The molecule has 0 aliphatic heterocycles. The van der Waals surface area contributed by atoms with Gasteiger partial charge in [-0.15, -0.1) is 11.8 Å². The van der Waals surface area contributed by atoms with Gasteiger partial charge >= 0.3 is 0 Å². The Labute approximate surface area is 153 Å². The van der Waals surface area contributed by atoms with Crippen molar-refractivity contribution in [3.05, 3.63) is 58.8 Å². The summed E-state index contributed by atoms with van der Waals surface area (Å²) in [4.78, 5) is 20.8. The first kappa shape index (κ1) is 17.0. The van der Waals surface area contributed by atoms with Crippen LogP contribution in [0.1, 0.15) is 12.2 Å². The molecule has 124 valence electrons. The number of carbonyl (C=O) groups excluding carboxylic acids is 1. The summed E-state index contributed by atoms with van der Waals surface area (Å²) in [6.07, 6.45) is 1.22. The van der Waals surface area contributed by atoms with E-state index in [9.17, 15) is 4.79 Å². The summed E-state index contributed by atoms with van der Waals surface area (Å²) in [5.41, 5.74) is 1.99. The number of aromatic nitrogens is 2. The third-order valence-electron chi connectivity index (χ3n) is 3.53. The molecule has 4 nitrogen and oxygen atoms in total. The average Bonchev–Trinajstić information content (AvgIpc) is 2.99. The van der Waals surface area contributed by atoms with Gasteiger partial charge in [0.05, 0.1) is 11.0 Å². The molecule has 0 saturated heterocycles. The predicted molar refractivity (Wildman–Crippen MR) is 102 cm³/mol. The number of amides is 1. The minimum Gasteiger partial charge on any atom is -0.356 e. The largest absolute Gasteiger partial charge is 0.356 e. The van der Waals surface area contributed by atoms with Crippen LogP contribution >= 0.6 is 27.7 Å². The minimum absolute atomic E-state index is 0.0794. The van der Waals surface area contributed by atoms with Gasteiger partial charge in [-0.2, -0.15) is 0 Å². The fourth-order valence-electron chi connectivity index (χ4n) is 2.33. The lowest BCUT2D eigenvalue weighted by Crippen LogP contribution is -2.26. The Bertz CT molecular complexity index is 784. The number of carbonyl (C=O) groups is 1. The molecule has 0 unspecified atom stereocenters. The molecule has 1 amide bonds. The smallest absolute Gasteiger partial charge is 0.220 e. The Kier molecular flexibility index (Phi) is 5.93. The number of H-pyrrole nitrogens is 1. The van der Waals surface area contributed by atoms with Crippen LogP contribution in [0.25, 0.3) is 11.0 Å². The molecule has 3 rings (SSSR count). The van der Waals surface area contributed by atoms with E-state index in [0.29, 0.717) is 19.4 Å². The van der Waals surface area contributed by atoms with E-state index in [-0.39, 0.29) is 5.91 Å². The first-order valence-corrected chi connectivity index (χ1v) is 9.57. The second-order valence-electron chi connectivity index (χ2n) is 5.35. The van der Waals surface area contributed by atoms with Gasteiger partial charge in [0.25, 0.3) is 0 Å². The monoisotopic (exact) mass is 403 g/mol. The van der Waals surface area contributed by atoms with Crippen LogP contribution in [0.2, 0.25) is 0 Å². The molecule has 6 heteroatoms. The topological polar surface area (TPSA) is 57.8 Å². The molecule has 2 aromatic carbocycles. The predicted octanol–water partition coefficient (Wildman–Crippen LogP) is 4.17. The van der Waals surface area contributed by atoms with Crippen molar-refractivity contribution in [1.82, 2.24) is 15.3 Å². The number of aromatic amines is 1. The van der Waals surface area contributed by atoms with E-state index < -0.39 is 0 Å². The van der Waals surface area contributed by atoms with Crippen LogP contribution in [0.15, 0.2) is 57.9 Å². The van der Waals surface area contributed by atoms with Crippen LogP contribution in [0, 0.1) is 0 Å². The zero-order valence-corrected chi connectivity index (χ0v) is 15.5. The molecule has 0 atom stereocenters. The van der Waals surface area contributed by atoms with Crippen molar-refractivity contribution in [3.8, 4) is 0 Å². The molecule has 0 saturated carbocycles.